The third-order valence-electron chi connectivity index (χ3n) is 2.81. The van der Waals surface area contributed by atoms with Gasteiger partial charge in [-0.1, -0.05) is 37.3 Å². The van der Waals surface area contributed by atoms with Crippen molar-refractivity contribution >= 4 is 10.8 Å². The fourth-order valence-electron chi connectivity index (χ4n) is 2.04. The van der Waals surface area contributed by atoms with Crippen LogP contribution in [0.2, 0.25) is 0 Å². The zero-order valence-corrected chi connectivity index (χ0v) is 10.3. The van der Waals surface area contributed by atoms with Gasteiger partial charge in [-0.25, -0.2) is 0 Å². The summed E-state index contributed by atoms with van der Waals surface area (Å²) in [6.07, 6.45) is 0.444. The largest absolute Gasteiger partial charge is 0.493 e. The van der Waals surface area contributed by atoms with Crippen molar-refractivity contribution in [1.82, 2.24) is 0 Å². The molecule has 0 radical (unpaired) electrons. The normalized spacial score (nSPS) is 12.6. The van der Waals surface area contributed by atoms with E-state index in [4.69, 9.17) is 4.74 Å². The molecule has 0 aromatic heterocycles. The Morgan fingerprint density at radius 1 is 1.18 bits per heavy atom. The number of hydrogen-bond donors (Lipinski definition) is 1. The first kappa shape index (κ1) is 11.9. The molecular formula is C15H18O2. The second kappa shape index (κ2) is 5.19. The van der Waals surface area contributed by atoms with Gasteiger partial charge in [0.05, 0.1) is 12.7 Å². The van der Waals surface area contributed by atoms with E-state index in [1.165, 1.54) is 0 Å². The number of fused-ring (bicyclic) bond motifs is 1. The summed E-state index contributed by atoms with van der Waals surface area (Å²) in [5, 5.41) is 12.1. The number of aliphatic hydroxyl groups excluding tert-OH is 1. The first-order valence-corrected chi connectivity index (χ1v) is 6.06. The lowest BCUT2D eigenvalue weighted by Gasteiger charge is -2.15. The van der Waals surface area contributed by atoms with Crippen LogP contribution in [-0.4, -0.2) is 11.7 Å². The molecular weight excluding hydrogens is 212 g/mol. The zero-order valence-electron chi connectivity index (χ0n) is 10.3. The third-order valence-corrected chi connectivity index (χ3v) is 2.81. The molecule has 2 aromatic rings. The second-order valence-corrected chi connectivity index (χ2v) is 4.22. The Morgan fingerprint density at radius 2 is 1.94 bits per heavy atom. The van der Waals surface area contributed by atoms with Crippen molar-refractivity contribution in [3.8, 4) is 5.75 Å². The Kier molecular flexibility index (Phi) is 3.64. The second-order valence-electron chi connectivity index (χ2n) is 4.22. The van der Waals surface area contributed by atoms with Crippen LogP contribution in [-0.2, 0) is 0 Å². The average Bonchev–Trinajstić information content (AvgIpc) is 2.35. The Morgan fingerprint density at radius 3 is 2.65 bits per heavy atom. The van der Waals surface area contributed by atoms with Gasteiger partial charge in [0.1, 0.15) is 5.75 Å². The summed E-state index contributed by atoms with van der Waals surface area (Å²) in [5.74, 6) is 0.792. The standard InChI is InChI=1S/C15H18O2/c1-3-10-17-14-9-8-12-6-4-5-7-13(12)15(14)11(2)16/h4-9,11,16H,3,10H2,1-2H3/t11-/m1/s1. The molecule has 0 amide bonds. The first-order valence-electron chi connectivity index (χ1n) is 6.06. The van der Waals surface area contributed by atoms with Gasteiger partial charge in [0.25, 0.3) is 0 Å². The van der Waals surface area contributed by atoms with E-state index in [0.29, 0.717) is 6.61 Å². The van der Waals surface area contributed by atoms with Crippen molar-refractivity contribution in [2.24, 2.45) is 0 Å². The van der Waals surface area contributed by atoms with Crippen LogP contribution in [0.15, 0.2) is 36.4 Å². The highest BCUT2D eigenvalue weighted by Gasteiger charge is 2.13. The first-order chi connectivity index (χ1) is 8.24. The maximum Gasteiger partial charge on any atom is 0.125 e. The molecule has 0 heterocycles. The van der Waals surface area contributed by atoms with Crippen LogP contribution in [0.4, 0.5) is 0 Å². The quantitative estimate of drug-likeness (QED) is 0.868. The Bertz CT molecular complexity index is 503. The molecule has 0 saturated heterocycles. The van der Waals surface area contributed by atoms with Crippen molar-refractivity contribution in [3.05, 3.63) is 42.0 Å². The molecule has 0 unspecified atom stereocenters. The minimum Gasteiger partial charge on any atom is -0.493 e. The van der Waals surface area contributed by atoms with Crippen LogP contribution < -0.4 is 4.74 Å². The summed E-state index contributed by atoms with van der Waals surface area (Å²) in [4.78, 5) is 0. The highest BCUT2D eigenvalue weighted by Crippen LogP contribution is 2.33. The van der Waals surface area contributed by atoms with Gasteiger partial charge in [0.2, 0.25) is 0 Å². The van der Waals surface area contributed by atoms with Crippen LogP contribution in [0.25, 0.3) is 10.8 Å². The Labute approximate surface area is 102 Å². The topological polar surface area (TPSA) is 29.5 Å². The van der Waals surface area contributed by atoms with Crippen LogP contribution in [0, 0.1) is 0 Å². The molecule has 0 fully saturated rings. The molecule has 0 bridgehead atoms. The van der Waals surface area contributed by atoms with E-state index in [2.05, 4.69) is 6.92 Å². The molecule has 1 atom stereocenters. The molecule has 0 aliphatic heterocycles. The average molecular weight is 230 g/mol. The minimum atomic E-state index is -0.520. The predicted octanol–water partition coefficient (Wildman–Crippen LogP) is 3.68. The number of ether oxygens (including phenoxy) is 1. The molecule has 90 valence electrons. The van der Waals surface area contributed by atoms with E-state index in [0.717, 1.165) is 28.5 Å². The fourth-order valence-corrected chi connectivity index (χ4v) is 2.04. The van der Waals surface area contributed by atoms with E-state index >= 15 is 0 Å². The number of benzene rings is 2. The number of rotatable bonds is 4. The lowest BCUT2D eigenvalue weighted by Crippen LogP contribution is -2.02. The summed E-state index contributed by atoms with van der Waals surface area (Å²) in [6.45, 7) is 4.53. The van der Waals surface area contributed by atoms with Crippen LogP contribution in [0.3, 0.4) is 0 Å². The zero-order chi connectivity index (χ0) is 12.3. The smallest absolute Gasteiger partial charge is 0.125 e. The molecule has 2 heteroatoms. The van der Waals surface area contributed by atoms with Gasteiger partial charge in [-0.2, -0.15) is 0 Å². The van der Waals surface area contributed by atoms with E-state index in [1.54, 1.807) is 6.92 Å². The van der Waals surface area contributed by atoms with Crippen LogP contribution in [0.5, 0.6) is 5.75 Å². The van der Waals surface area contributed by atoms with Gasteiger partial charge in [0, 0.05) is 5.56 Å². The van der Waals surface area contributed by atoms with E-state index in [9.17, 15) is 5.11 Å². The van der Waals surface area contributed by atoms with Gasteiger partial charge < -0.3 is 9.84 Å². The minimum absolute atomic E-state index is 0.520. The molecule has 1 N–H and O–H groups in total. The lowest BCUT2D eigenvalue weighted by molar-refractivity contribution is 0.193. The summed E-state index contributed by atoms with van der Waals surface area (Å²) in [5.41, 5.74) is 0.886. The van der Waals surface area contributed by atoms with Gasteiger partial charge in [0.15, 0.2) is 0 Å². The summed E-state index contributed by atoms with van der Waals surface area (Å²) in [7, 11) is 0. The molecule has 0 aliphatic rings. The lowest BCUT2D eigenvalue weighted by atomic mass is 10.00. The monoisotopic (exact) mass is 230 g/mol. The predicted molar refractivity (Wildman–Crippen MR) is 70.4 cm³/mol. The Balaban J connectivity index is 2.56. The molecule has 17 heavy (non-hydrogen) atoms. The van der Waals surface area contributed by atoms with Crippen molar-refractivity contribution in [1.29, 1.82) is 0 Å². The van der Waals surface area contributed by atoms with Crippen LogP contribution in [0.1, 0.15) is 31.9 Å². The van der Waals surface area contributed by atoms with E-state index in [-0.39, 0.29) is 0 Å². The third kappa shape index (κ3) is 2.42. The van der Waals surface area contributed by atoms with E-state index < -0.39 is 6.10 Å². The summed E-state index contributed by atoms with van der Waals surface area (Å²) < 4.78 is 5.70. The van der Waals surface area contributed by atoms with Gasteiger partial charge in [-0.05, 0) is 30.2 Å². The van der Waals surface area contributed by atoms with Crippen LogP contribution >= 0.6 is 0 Å². The summed E-state index contributed by atoms with van der Waals surface area (Å²) >= 11 is 0. The maximum atomic E-state index is 9.92. The molecule has 2 rings (SSSR count). The van der Waals surface area contributed by atoms with Crippen molar-refractivity contribution in [2.45, 2.75) is 26.4 Å². The van der Waals surface area contributed by atoms with Crippen molar-refractivity contribution in [2.75, 3.05) is 6.61 Å². The Hall–Kier alpha value is -1.54. The molecule has 2 nitrogen and oxygen atoms in total. The van der Waals surface area contributed by atoms with Gasteiger partial charge in [-0.3, -0.25) is 0 Å². The number of aliphatic hydroxyl groups is 1. The molecule has 2 aromatic carbocycles. The molecule has 0 aliphatic carbocycles. The number of hydrogen-bond acceptors (Lipinski definition) is 2. The molecule has 0 spiro atoms. The maximum absolute atomic E-state index is 9.92. The van der Waals surface area contributed by atoms with Crippen molar-refractivity contribution in [3.63, 3.8) is 0 Å². The SMILES string of the molecule is CCCOc1ccc2ccccc2c1[C@@H](C)O. The van der Waals surface area contributed by atoms with Gasteiger partial charge in [-0.15, -0.1) is 0 Å². The van der Waals surface area contributed by atoms with Crippen molar-refractivity contribution < 1.29 is 9.84 Å². The van der Waals surface area contributed by atoms with E-state index in [1.807, 2.05) is 36.4 Å². The highest BCUT2D eigenvalue weighted by molar-refractivity contribution is 5.88. The summed E-state index contributed by atoms with van der Waals surface area (Å²) in [6, 6.07) is 12.0. The molecule has 0 saturated carbocycles. The highest BCUT2D eigenvalue weighted by atomic mass is 16.5. The fraction of sp³-hybridized carbons (Fsp3) is 0.333. The van der Waals surface area contributed by atoms with Gasteiger partial charge >= 0.3 is 0 Å².